The Balaban J connectivity index is 1.64. The molecule has 0 bridgehead atoms. The Morgan fingerprint density at radius 3 is 2.62 bits per heavy atom. The number of thioether (sulfide) groups is 1. The zero-order chi connectivity index (χ0) is 15.0. The highest BCUT2D eigenvalue weighted by Crippen LogP contribution is 2.42. The van der Waals surface area contributed by atoms with Crippen molar-refractivity contribution in [2.24, 2.45) is 5.92 Å². The van der Waals surface area contributed by atoms with Crippen molar-refractivity contribution in [3.05, 3.63) is 30.3 Å². The van der Waals surface area contributed by atoms with Crippen molar-refractivity contribution in [1.29, 1.82) is 0 Å². The van der Waals surface area contributed by atoms with Gasteiger partial charge in [-0.3, -0.25) is 9.69 Å². The Bertz CT molecular complexity index is 559. The lowest BCUT2D eigenvalue weighted by atomic mass is 9.96. The van der Waals surface area contributed by atoms with E-state index in [1.165, 1.54) is 4.90 Å². The number of rotatable bonds is 5. The largest absolute Gasteiger partial charge is 0.325 e. The van der Waals surface area contributed by atoms with E-state index in [2.05, 4.69) is 5.32 Å². The second-order valence-corrected chi connectivity index (χ2v) is 7.58. The molecule has 1 heterocycles. The third kappa shape index (κ3) is 2.79. The number of amides is 3. The molecule has 0 spiro atoms. The number of hydrogen-bond acceptors (Lipinski definition) is 3. The van der Waals surface area contributed by atoms with Gasteiger partial charge in [-0.25, -0.2) is 4.79 Å². The maximum atomic E-state index is 12.5. The molecule has 0 aromatic heterocycles. The van der Waals surface area contributed by atoms with Gasteiger partial charge < -0.3 is 5.32 Å². The minimum atomic E-state index is -0.672. The number of carbonyl (C=O) groups excluding carboxylic acids is 2. The molecule has 2 aliphatic rings. The van der Waals surface area contributed by atoms with Crippen molar-refractivity contribution in [1.82, 2.24) is 10.2 Å². The molecule has 5 heteroatoms. The van der Waals surface area contributed by atoms with Crippen LogP contribution in [0.4, 0.5) is 4.79 Å². The quantitative estimate of drug-likeness (QED) is 0.672. The van der Waals surface area contributed by atoms with Crippen LogP contribution in [0.25, 0.3) is 0 Å². The second kappa shape index (κ2) is 5.37. The number of hydrogen-bond donors (Lipinski definition) is 1. The highest BCUT2D eigenvalue weighted by molar-refractivity contribution is 8.00. The van der Waals surface area contributed by atoms with E-state index in [9.17, 15) is 9.59 Å². The maximum absolute atomic E-state index is 12.5. The third-order valence-electron chi connectivity index (χ3n) is 4.22. The Morgan fingerprint density at radius 2 is 2.00 bits per heavy atom. The summed E-state index contributed by atoms with van der Waals surface area (Å²) in [4.78, 5) is 27.2. The van der Waals surface area contributed by atoms with Crippen LogP contribution in [0.3, 0.4) is 0 Å². The highest BCUT2D eigenvalue weighted by Gasteiger charge is 2.55. The van der Waals surface area contributed by atoms with E-state index in [4.69, 9.17) is 0 Å². The molecule has 0 radical (unpaired) electrons. The summed E-state index contributed by atoms with van der Waals surface area (Å²) in [5.41, 5.74) is -0.672. The summed E-state index contributed by atoms with van der Waals surface area (Å²) in [6.45, 7) is 4.36. The van der Waals surface area contributed by atoms with Crippen LogP contribution in [0, 0.1) is 5.92 Å². The van der Waals surface area contributed by atoms with E-state index in [1.807, 2.05) is 44.2 Å². The molecule has 1 saturated heterocycles. The van der Waals surface area contributed by atoms with Crippen molar-refractivity contribution in [3.63, 3.8) is 0 Å². The first-order valence-corrected chi connectivity index (χ1v) is 8.24. The molecule has 21 heavy (non-hydrogen) atoms. The summed E-state index contributed by atoms with van der Waals surface area (Å²) in [6.07, 6.45) is 2.06. The van der Waals surface area contributed by atoms with Crippen LogP contribution in [0.5, 0.6) is 0 Å². The average molecular weight is 304 g/mol. The topological polar surface area (TPSA) is 49.4 Å². The van der Waals surface area contributed by atoms with Gasteiger partial charge in [0.2, 0.25) is 0 Å². The zero-order valence-corrected chi connectivity index (χ0v) is 13.2. The summed E-state index contributed by atoms with van der Waals surface area (Å²) < 4.78 is 0. The van der Waals surface area contributed by atoms with Gasteiger partial charge in [-0.05, 0) is 37.8 Å². The highest BCUT2D eigenvalue weighted by atomic mass is 32.2. The Morgan fingerprint density at radius 1 is 1.33 bits per heavy atom. The molecule has 1 aromatic carbocycles. The first-order chi connectivity index (χ1) is 10.0. The lowest BCUT2D eigenvalue weighted by molar-refractivity contribution is -0.131. The summed E-state index contributed by atoms with van der Waals surface area (Å²) in [5.74, 6) is 0.256. The Hall–Kier alpha value is -1.49. The third-order valence-corrected chi connectivity index (χ3v) is 5.31. The average Bonchev–Trinajstić information content (AvgIpc) is 3.26. The SMILES string of the molecule is C[C@H](CN1C(=O)N[C@](C)(C2CC2)C1=O)Sc1ccccc1. The van der Waals surface area contributed by atoms with Gasteiger partial charge in [0.1, 0.15) is 5.54 Å². The Kier molecular flexibility index (Phi) is 3.69. The normalized spacial score (nSPS) is 26.9. The van der Waals surface area contributed by atoms with E-state index >= 15 is 0 Å². The first kappa shape index (κ1) is 14.4. The molecule has 2 atom stereocenters. The van der Waals surface area contributed by atoms with Crippen molar-refractivity contribution in [3.8, 4) is 0 Å². The van der Waals surface area contributed by atoms with Crippen LogP contribution in [-0.4, -0.2) is 34.2 Å². The summed E-state index contributed by atoms with van der Waals surface area (Å²) in [6, 6.07) is 9.81. The van der Waals surface area contributed by atoms with Crippen molar-refractivity contribution < 1.29 is 9.59 Å². The summed E-state index contributed by atoms with van der Waals surface area (Å²) >= 11 is 1.68. The summed E-state index contributed by atoms with van der Waals surface area (Å²) in [5, 5.41) is 3.06. The van der Waals surface area contributed by atoms with Gasteiger partial charge in [-0.2, -0.15) is 0 Å². The molecule has 1 N–H and O–H groups in total. The van der Waals surface area contributed by atoms with Gasteiger partial charge in [0.15, 0.2) is 0 Å². The molecule has 0 unspecified atom stereocenters. The maximum Gasteiger partial charge on any atom is 0.325 e. The smallest absolute Gasteiger partial charge is 0.323 e. The van der Waals surface area contributed by atoms with Crippen molar-refractivity contribution in [2.75, 3.05) is 6.54 Å². The van der Waals surface area contributed by atoms with Crippen LogP contribution >= 0.6 is 11.8 Å². The van der Waals surface area contributed by atoms with Crippen LogP contribution in [-0.2, 0) is 4.79 Å². The lowest BCUT2D eigenvalue weighted by Gasteiger charge is -2.22. The van der Waals surface area contributed by atoms with E-state index in [0.29, 0.717) is 12.5 Å². The molecule has 1 aliphatic carbocycles. The van der Waals surface area contributed by atoms with Gasteiger partial charge >= 0.3 is 6.03 Å². The molecule has 4 nitrogen and oxygen atoms in total. The number of nitrogens with zero attached hydrogens (tertiary/aromatic N) is 1. The molecular weight excluding hydrogens is 284 g/mol. The van der Waals surface area contributed by atoms with Crippen molar-refractivity contribution in [2.45, 2.75) is 42.4 Å². The minimum absolute atomic E-state index is 0.0597. The van der Waals surface area contributed by atoms with E-state index in [0.717, 1.165) is 17.7 Å². The van der Waals surface area contributed by atoms with Gasteiger partial charge in [0, 0.05) is 16.7 Å². The molecular formula is C16H20N2O2S. The number of carbonyl (C=O) groups is 2. The lowest BCUT2D eigenvalue weighted by Crippen LogP contribution is -2.46. The molecule has 112 valence electrons. The van der Waals surface area contributed by atoms with Crippen LogP contribution < -0.4 is 5.32 Å². The molecule has 1 saturated carbocycles. The minimum Gasteiger partial charge on any atom is -0.323 e. The first-order valence-electron chi connectivity index (χ1n) is 7.36. The molecule has 2 fully saturated rings. The monoisotopic (exact) mass is 304 g/mol. The van der Waals surface area contributed by atoms with Gasteiger partial charge in [-0.15, -0.1) is 11.8 Å². The predicted octanol–water partition coefficient (Wildman–Crippen LogP) is 2.89. The Labute approximate surface area is 129 Å². The van der Waals surface area contributed by atoms with E-state index in [1.54, 1.807) is 11.8 Å². The standard InChI is InChI=1S/C16H20N2O2S/c1-11(21-13-6-4-3-5-7-13)10-18-14(19)16(2,12-8-9-12)17-15(18)20/h3-7,11-12H,8-10H2,1-2H3,(H,17,20)/t11-,16-/m1/s1. The number of nitrogens with one attached hydrogen (secondary N) is 1. The fraction of sp³-hybridized carbons (Fsp3) is 0.500. The fourth-order valence-corrected chi connectivity index (χ4v) is 3.85. The van der Waals surface area contributed by atoms with Crippen molar-refractivity contribution >= 4 is 23.7 Å². The number of imide groups is 1. The number of benzene rings is 1. The van der Waals surface area contributed by atoms with E-state index in [-0.39, 0.29) is 17.2 Å². The fourth-order valence-electron chi connectivity index (χ4n) is 2.84. The van der Waals surface area contributed by atoms with Gasteiger partial charge in [0.05, 0.1) is 0 Å². The van der Waals surface area contributed by atoms with E-state index < -0.39 is 5.54 Å². The van der Waals surface area contributed by atoms with Gasteiger partial charge in [0.25, 0.3) is 5.91 Å². The molecule has 1 aliphatic heterocycles. The van der Waals surface area contributed by atoms with Crippen LogP contribution in [0.2, 0.25) is 0 Å². The summed E-state index contributed by atoms with van der Waals surface area (Å²) in [7, 11) is 0. The van der Waals surface area contributed by atoms with Crippen LogP contribution in [0.1, 0.15) is 26.7 Å². The molecule has 3 rings (SSSR count). The molecule has 1 aromatic rings. The van der Waals surface area contributed by atoms with Crippen LogP contribution in [0.15, 0.2) is 35.2 Å². The van der Waals surface area contributed by atoms with Gasteiger partial charge in [-0.1, -0.05) is 25.1 Å². The second-order valence-electron chi connectivity index (χ2n) is 6.06. The predicted molar refractivity (Wildman–Crippen MR) is 83.1 cm³/mol. The zero-order valence-electron chi connectivity index (χ0n) is 12.3. The number of urea groups is 1. The molecule has 3 amide bonds.